The van der Waals surface area contributed by atoms with Crippen LogP contribution in [0.1, 0.15) is 43.2 Å². The number of halogens is 1. The van der Waals surface area contributed by atoms with Crippen molar-refractivity contribution in [3.63, 3.8) is 0 Å². The molecule has 29 heavy (non-hydrogen) atoms. The van der Waals surface area contributed by atoms with Gasteiger partial charge in [-0.2, -0.15) is 0 Å². The maximum atomic E-state index is 13.4. The molecule has 5 heteroatoms. The van der Waals surface area contributed by atoms with Crippen LogP contribution >= 0.6 is 11.6 Å². The maximum absolute atomic E-state index is 13.4. The van der Waals surface area contributed by atoms with E-state index in [9.17, 15) is 9.59 Å². The molecule has 1 heterocycles. The fourth-order valence-electron chi connectivity index (χ4n) is 4.18. The number of Topliss-reactive ketones (excluding diaryl/α,β-unsaturated/α-hetero) is 1. The number of allylic oxidation sites excluding steroid dienone is 3. The SMILES string of the molecule is CC1=C(C(=O)Nc2ccccc2C)C(c2ccc(Cl)cc2)C2=C(CCCC2=O)N1. The van der Waals surface area contributed by atoms with Crippen LogP contribution < -0.4 is 10.6 Å². The Morgan fingerprint density at radius 3 is 2.52 bits per heavy atom. The van der Waals surface area contributed by atoms with Crippen molar-refractivity contribution in [2.24, 2.45) is 0 Å². The number of hydrogen-bond donors (Lipinski definition) is 2. The molecule has 2 aromatic rings. The van der Waals surface area contributed by atoms with Crippen molar-refractivity contribution in [3.05, 3.63) is 87.2 Å². The Labute approximate surface area is 175 Å². The van der Waals surface area contributed by atoms with Gasteiger partial charge in [0.1, 0.15) is 0 Å². The fraction of sp³-hybridized carbons (Fsp3) is 0.250. The first-order valence-corrected chi connectivity index (χ1v) is 10.2. The van der Waals surface area contributed by atoms with Crippen LogP contribution in [0.25, 0.3) is 0 Å². The molecule has 2 N–H and O–H groups in total. The van der Waals surface area contributed by atoms with E-state index in [1.807, 2.05) is 50.2 Å². The summed E-state index contributed by atoms with van der Waals surface area (Å²) >= 11 is 6.09. The smallest absolute Gasteiger partial charge is 0.254 e. The molecule has 1 atom stereocenters. The quantitative estimate of drug-likeness (QED) is 0.731. The molecule has 0 spiro atoms. The van der Waals surface area contributed by atoms with Crippen molar-refractivity contribution >= 4 is 29.0 Å². The van der Waals surface area contributed by atoms with Crippen LogP contribution in [0.2, 0.25) is 5.02 Å². The van der Waals surface area contributed by atoms with Crippen LogP contribution in [0.4, 0.5) is 5.69 Å². The van der Waals surface area contributed by atoms with Crippen molar-refractivity contribution < 1.29 is 9.59 Å². The first-order valence-electron chi connectivity index (χ1n) is 9.82. The summed E-state index contributed by atoms with van der Waals surface area (Å²) in [4.78, 5) is 26.3. The normalized spacial score (nSPS) is 19.0. The number of carbonyl (C=O) groups excluding carboxylic acids is 2. The molecule has 2 aliphatic rings. The predicted molar refractivity (Wildman–Crippen MR) is 116 cm³/mol. The van der Waals surface area contributed by atoms with Crippen LogP contribution in [0.3, 0.4) is 0 Å². The molecule has 4 rings (SSSR count). The van der Waals surface area contributed by atoms with E-state index >= 15 is 0 Å². The number of aryl methyl sites for hydroxylation is 1. The van der Waals surface area contributed by atoms with E-state index < -0.39 is 5.92 Å². The monoisotopic (exact) mass is 406 g/mol. The molecule has 1 unspecified atom stereocenters. The van der Waals surface area contributed by atoms with E-state index in [1.54, 1.807) is 12.1 Å². The number of anilines is 1. The van der Waals surface area contributed by atoms with Crippen LogP contribution in [-0.4, -0.2) is 11.7 Å². The Balaban J connectivity index is 1.79. The number of carbonyl (C=O) groups is 2. The van der Waals surface area contributed by atoms with Gasteiger partial charge in [0, 0.05) is 45.6 Å². The predicted octanol–water partition coefficient (Wildman–Crippen LogP) is 5.26. The molecule has 0 saturated carbocycles. The minimum Gasteiger partial charge on any atom is -0.362 e. The second-order valence-corrected chi connectivity index (χ2v) is 8.02. The maximum Gasteiger partial charge on any atom is 0.254 e. The Bertz CT molecular complexity index is 1050. The van der Waals surface area contributed by atoms with Crippen LogP contribution in [0.15, 0.2) is 71.1 Å². The number of para-hydroxylation sites is 1. The summed E-state index contributed by atoms with van der Waals surface area (Å²) in [6, 6.07) is 15.1. The molecule has 1 aliphatic heterocycles. The highest BCUT2D eigenvalue weighted by Crippen LogP contribution is 2.42. The average Bonchev–Trinajstić information content (AvgIpc) is 2.69. The molecule has 0 saturated heterocycles. The Hall–Kier alpha value is -2.85. The number of amides is 1. The molecule has 0 aromatic heterocycles. The van der Waals surface area contributed by atoms with Gasteiger partial charge in [-0.25, -0.2) is 0 Å². The third-order valence-corrected chi connectivity index (χ3v) is 5.87. The summed E-state index contributed by atoms with van der Waals surface area (Å²) in [7, 11) is 0. The van der Waals surface area contributed by atoms with E-state index in [1.165, 1.54) is 0 Å². The topological polar surface area (TPSA) is 58.2 Å². The summed E-state index contributed by atoms with van der Waals surface area (Å²) in [6.45, 7) is 3.86. The Morgan fingerprint density at radius 1 is 1.07 bits per heavy atom. The zero-order valence-electron chi connectivity index (χ0n) is 16.5. The molecule has 0 fully saturated rings. The number of ketones is 1. The highest BCUT2D eigenvalue weighted by atomic mass is 35.5. The van der Waals surface area contributed by atoms with Crippen molar-refractivity contribution in [2.45, 2.75) is 39.0 Å². The number of benzene rings is 2. The lowest BCUT2D eigenvalue weighted by molar-refractivity contribution is -0.116. The summed E-state index contributed by atoms with van der Waals surface area (Å²) in [6.07, 6.45) is 2.15. The third kappa shape index (κ3) is 3.73. The zero-order valence-corrected chi connectivity index (χ0v) is 17.3. The van der Waals surface area contributed by atoms with E-state index in [0.29, 0.717) is 22.6 Å². The minimum atomic E-state index is -0.402. The molecular formula is C24H23ClN2O2. The summed E-state index contributed by atoms with van der Waals surface area (Å²) in [5, 5.41) is 7.00. The lowest BCUT2D eigenvalue weighted by Gasteiger charge is -2.34. The van der Waals surface area contributed by atoms with E-state index in [4.69, 9.17) is 11.6 Å². The molecule has 1 aliphatic carbocycles. The summed E-state index contributed by atoms with van der Waals surface area (Å²) in [5.74, 6) is -0.498. The zero-order chi connectivity index (χ0) is 20.5. The van der Waals surface area contributed by atoms with Gasteiger partial charge in [0.05, 0.1) is 0 Å². The van der Waals surface area contributed by atoms with Gasteiger partial charge in [0.2, 0.25) is 0 Å². The molecule has 148 valence electrons. The molecule has 0 bridgehead atoms. The largest absolute Gasteiger partial charge is 0.362 e. The molecular weight excluding hydrogens is 384 g/mol. The highest BCUT2D eigenvalue weighted by Gasteiger charge is 2.38. The van der Waals surface area contributed by atoms with Crippen molar-refractivity contribution in [1.82, 2.24) is 5.32 Å². The molecule has 4 nitrogen and oxygen atoms in total. The molecule has 0 radical (unpaired) electrons. The van der Waals surface area contributed by atoms with Gasteiger partial charge < -0.3 is 10.6 Å². The van der Waals surface area contributed by atoms with Gasteiger partial charge in [0.15, 0.2) is 5.78 Å². The highest BCUT2D eigenvalue weighted by molar-refractivity contribution is 6.30. The minimum absolute atomic E-state index is 0.104. The van der Waals surface area contributed by atoms with E-state index in [-0.39, 0.29) is 11.7 Å². The number of rotatable bonds is 3. The van der Waals surface area contributed by atoms with Crippen molar-refractivity contribution in [2.75, 3.05) is 5.32 Å². The number of nitrogens with one attached hydrogen (secondary N) is 2. The molecule has 2 aromatic carbocycles. The van der Waals surface area contributed by atoms with Crippen LogP contribution in [-0.2, 0) is 9.59 Å². The van der Waals surface area contributed by atoms with E-state index in [2.05, 4.69) is 10.6 Å². The first kappa shape index (κ1) is 19.5. The van der Waals surface area contributed by atoms with Gasteiger partial charge in [-0.1, -0.05) is 41.9 Å². The van der Waals surface area contributed by atoms with Gasteiger partial charge in [-0.05, 0) is 56.0 Å². The fourth-order valence-corrected chi connectivity index (χ4v) is 4.30. The van der Waals surface area contributed by atoms with Crippen molar-refractivity contribution in [1.29, 1.82) is 0 Å². The van der Waals surface area contributed by atoms with E-state index in [0.717, 1.165) is 41.1 Å². The standard InChI is InChI=1S/C24H23ClN2O2/c1-14-6-3-4-7-18(14)27-24(29)21-15(2)26-19-8-5-9-20(28)23(19)22(21)16-10-12-17(25)13-11-16/h3-4,6-7,10-13,22,26H,5,8-9H2,1-2H3,(H,27,29). The Morgan fingerprint density at radius 2 is 1.79 bits per heavy atom. The average molecular weight is 407 g/mol. The lowest BCUT2D eigenvalue weighted by Crippen LogP contribution is -2.35. The second kappa shape index (κ2) is 7.88. The van der Waals surface area contributed by atoms with Gasteiger partial charge in [-0.15, -0.1) is 0 Å². The third-order valence-electron chi connectivity index (χ3n) is 5.62. The number of dihydropyridines is 1. The Kier molecular flexibility index (Phi) is 5.29. The lowest BCUT2D eigenvalue weighted by atomic mass is 9.75. The molecule has 1 amide bonds. The van der Waals surface area contributed by atoms with Gasteiger partial charge in [-0.3, -0.25) is 9.59 Å². The van der Waals surface area contributed by atoms with Gasteiger partial charge in [0.25, 0.3) is 5.91 Å². The number of hydrogen-bond acceptors (Lipinski definition) is 3. The van der Waals surface area contributed by atoms with Gasteiger partial charge >= 0.3 is 0 Å². The van der Waals surface area contributed by atoms with Crippen LogP contribution in [0, 0.1) is 6.92 Å². The first-order chi connectivity index (χ1) is 14.0. The summed E-state index contributed by atoms with van der Waals surface area (Å²) in [5.41, 5.74) is 5.65. The van der Waals surface area contributed by atoms with Crippen molar-refractivity contribution in [3.8, 4) is 0 Å². The second-order valence-electron chi connectivity index (χ2n) is 7.59. The van der Waals surface area contributed by atoms with Crippen LogP contribution in [0.5, 0.6) is 0 Å². The summed E-state index contributed by atoms with van der Waals surface area (Å²) < 4.78 is 0.